The first kappa shape index (κ1) is 14.6. The fourth-order valence-corrected chi connectivity index (χ4v) is 1.74. The monoisotopic (exact) mass is 314 g/mol. The topological polar surface area (TPSA) is 79.3 Å². The maximum Gasteiger partial charge on any atom is 0.306 e. The van der Waals surface area contributed by atoms with Crippen molar-refractivity contribution in [2.24, 2.45) is 5.92 Å². The Morgan fingerprint density at radius 2 is 2.22 bits per heavy atom. The Kier molecular flexibility index (Phi) is 5.77. The van der Waals surface area contributed by atoms with Crippen molar-refractivity contribution in [1.29, 1.82) is 0 Å². The summed E-state index contributed by atoms with van der Waals surface area (Å²) >= 11 is 3.24. The summed E-state index contributed by atoms with van der Waals surface area (Å²) in [6.45, 7) is 2.12. The smallest absolute Gasteiger partial charge is 0.306 e. The molecule has 1 amide bonds. The molecule has 18 heavy (non-hydrogen) atoms. The zero-order chi connectivity index (χ0) is 13.5. The third-order valence-corrected chi connectivity index (χ3v) is 2.92. The second-order valence-corrected chi connectivity index (χ2v) is 4.94. The molecule has 0 fully saturated rings. The predicted octanol–water partition coefficient (Wildman–Crippen LogP) is 2.07. The van der Waals surface area contributed by atoms with Gasteiger partial charge in [-0.1, -0.05) is 6.92 Å². The van der Waals surface area contributed by atoms with Gasteiger partial charge in [0.15, 0.2) is 0 Å². The van der Waals surface area contributed by atoms with Crippen LogP contribution in [-0.2, 0) is 4.79 Å². The molecule has 0 saturated carbocycles. The van der Waals surface area contributed by atoms with Crippen LogP contribution < -0.4 is 5.32 Å². The number of rotatable bonds is 6. The van der Waals surface area contributed by atoms with Crippen molar-refractivity contribution in [2.75, 3.05) is 6.54 Å². The summed E-state index contributed by atoms with van der Waals surface area (Å²) in [6.07, 6.45) is 4.28. The molecule has 1 unspecified atom stereocenters. The van der Waals surface area contributed by atoms with Gasteiger partial charge in [0.1, 0.15) is 0 Å². The highest BCUT2D eigenvalue weighted by Gasteiger charge is 2.10. The number of nitrogens with zero attached hydrogens (tertiary/aromatic N) is 1. The molecule has 5 nitrogen and oxygen atoms in total. The molecule has 0 aliphatic carbocycles. The Morgan fingerprint density at radius 1 is 1.50 bits per heavy atom. The first-order valence-corrected chi connectivity index (χ1v) is 6.41. The zero-order valence-electron chi connectivity index (χ0n) is 10.0. The average molecular weight is 315 g/mol. The number of carboxylic acids is 1. The van der Waals surface area contributed by atoms with Crippen LogP contribution in [-0.4, -0.2) is 28.5 Å². The largest absolute Gasteiger partial charge is 0.481 e. The molecule has 1 aromatic rings. The molecule has 1 aromatic heterocycles. The molecule has 0 aromatic carbocycles. The first-order valence-electron chi connectivity index (χ1n) is 5.62. The second-order valence-electron chi connectivity index (χ2n) is 4.03. The summed E-state index contributed by atoms with van der Waals surface area (Å²) < 4.78 is 0.745. The minimum atomic E-state index is -0.808. The minimum Gasteiger partial charge on any atom is -0.481 e. The summed E-state index contributed by atoms with van der Waals surface area (Å²) in [6, 6.07) is 1.68. The number of carboxylic acid groups (broad SMARTS) is 1. The number of hydrogen-bond donors (Lipinski definition) is 2. The number of hydrogen-bond acceptors (Lipinski definition) is 3. The van der Waals surface area contributed by atoms with E-state index in [1.807, 2.05) is 0 Å². The number of aromatic nitrogens is 1. The quantitative estimate of drug-likeness (QED) is 0.788. The van der Waals surface area contributed by atoms with Gasteiger partial charge in [0.05, 0.1) is 11.5 Å². The Bertz CT molecular complexity index is 437. The van der Waals surface area contributed by atoms with Gasteiger partial charge >= 0.3 is 5.97 Å². The number of halogens is 1. The molecule has 0 aliphatic rings. The van der Waals surface area contributed by atoms with E-state index in [0.717, 1.165) is 4.47 Å². The Hall–Kier alpha value is -1.43. The van der Waals surface area contributed by atoms with Gasteiger partial charge in [0.2, 0.25) is 0 Å². The van der Waals surface area contributed by atoms with Gasteiger partial charge < -0.3 is 10.4 Å². The van der Waals surface area contributed by atoms with Crippen molar-refractivity contribution in [3.8, 4) is 0 Å². The summed E-state index contributed by atoms with van der Waals surface area (Å²) in [5, 5.41) is 11.4. The van der Waals surface area contributed by atoms with E-state index in [-0.39, 0.29) is 11.8 Å². The van der Waals surface area contributed by atoms with Gasteiger partial charge in [-0.15, -0.1) is 0 Å². The SMILES string of the molecule is CC(CCCNC(=O)c1cncc(Br)c1)C(=O)O. The number of amides is 1. The highest BCUT2D eigenvalue weighted by atomic mass is 79.9. The summed E-state index contributed by atoms with van der Waals surface area (Å²) in [5.41, 5.74) is 0.482. The normalized spacial score (nSPS) is 11.9. The number of nitrogens with one attached hydrogen (secondary N) is 1. The lowest BCUT2D eigenvalue weighted by Crippen LogP contribution is -2.25. The van der Waals surface area contributed by atoms with Crippen LogP contribution in [0.25, 0.3) is 0 Å². The standard InChI is InChI=1S/C12H15BrN2O3/c1-8(12(17)18)3-2-4-15-11(16)9-5-10(13)7-14-6-9/h5-8H,2-4H2,1H3,(H,15,16)(H,17,18). The van der Waals surface area contributed by atoms with Crippen molar-refractivity contribution in [3.05, 3.63) is 28.5 Å². The van der Waals surface area contributed by atoms with Crippen molar-refractivity contribution < 1.29 is 14.7 Å². The summed E-state index contributed by atoms with van der Waals surface area (Å²) in [5.74, 6) is -1.39. The summed E-state index contributed by atoms with van der Waals surface area (Å²) in [4.78, 5) is 26.2. The molecule has 6 heteroatoms. The van der Waals surface area contributed by atoms with E-state index >= 15 is 0 Å². The highest BCUT2D eigenvalue weighted by molar-refractivity contribution is 9.10. The molecule has 0 aliphatic heterocycles. The van der Waals surface area contributed by atoms with Crippen molar-refractivity contribution in [1.82, 2.24) is 10.3 Å². The van der Waals surface area contributed by atoms with Crippen LogP contribution in [0.15, 0.2) is 22.9 Å². The molecule has 2 N–H and O–H groups in total. The molecule has 0 radical (unpaired) electrons. The van der Waals surface area contributed by atoms with Crippen LogP contribution in [0.4, 0.5) is 0 Å². The number of carbonyl (C=O) groups is 2. The number of pyridine rings is 1. The summed E-state index contributed by atoms with van der Waals surface area (Å²) in [7, 11) is 0. The third kappa shape index (κ3) is 4.83. The van der Waals surface area contributed by atoms with Crippen LogP contribution in [0, 0.1) is 5.92 Å². The van der Waals surface area contributed by atoms with E-state index in [2.05, 4.69) is 26.2 Å². The number of carbonyl (C=O) groups excluding carboxylic acids is 1. The number of aliphatic carboxylic acids is 1. The second kappa shape index (κ2) is 7.10. The lowest BCUT2D eigenvalue weighted by molar-refractivity contribution is -0.141. The lowest BCUT2D eigenvalue weighted by atomic mass is 10.1. The van der Waals surface area contributed by atoms with Crippen molar-refractivity contribution in [2.45, 2.75) is 19.8 Å². The van der Waals surface area contributed by atoms with Crippen LogP contribution >= 0.6 is 15.9 Å². The fraction of sp³-hybridized carbons (Fsp3) is 0.417. The van der Waals surface area contributed by atoms with E-state index in [4.69, 9.17) is 5.11 Å². The van der Waals surface area contributed by atoms with Crippen molar-refractivity contribution >= 4 is 27.8 Å². The fourth-order valence-electron chi connectivity index (χ4n) is 1.37. The van der Waals surface area contributed by atoms with Gasteiger partial charge in [-0.25, -0.2) is 0 Å². The van der Waals surface area contributed by atoms with Crippen LogP contribution in [0.3, 0.4) is 0 Å². The van der Waals surface area contributed by atoms with E-state index < -0.39 is 5.97 Å². The lowest BCUT2D eigenvalue weighted by Gasteiger charge is -2.07. The zero-order valence-corrected chi connectivity index (χ0v) is 11.6. The molecule has 0 spiro atoms. The Balaban J connectivity index is 2.32. The van der Waals surface area contributed by atoms with Gasteiger partial charge in [-0.05, 0) is 34.8 Å². The Morgan fingerprint density at radius 3 is 2.83 bits per heavy atom. The van der Waals surface area contributed by atoms with Crippen LogP contribution in [0.5, 0.6) is 0 Å². The molecule has 1 rings (SSSR count). The van der Waals surface area contributed by atoms with E-state index in [1.54, 1.807) is 19.2 Å². The van der Waals surface area contributed by atoms with E-state index in [9.17, 15) is 9.59 Å². The van der Waals surface area contributed by atoms with Crippen LogP contribution in [0.1, 0.15) is 30.1 Å². The highest BCUT2D eigenvalue weighted by Crippen LogP contribution is 2.09. The van der Waals surface area contributed by atoms with Crippen LogP contribution in [0.2, 0.25) is 0 Å². The molecule has 98 valence electrons. The van der Waals surface area contributed by atoms with Gasteiger partial charge in [-0.3, -0.25) is 14.6 Å². The van der Waals surface area contributed by atoms with Gasteiger partial charge in [0, 0.05) is 23.4 Å². The molecular formula is C12H15BrN2O3. The van der Waals surface area contributed by atoms with Gasteiger partial charge in [-0.2, -0.15) is 0 Å². The molecular weight excluding hydrogens is 300 g/mol. The first-order chi connectivity index (χ1) is 8.50. The maximum absolute atomic E-state index is 11.7. The average Bonchev–Trinajstić information content (AvgIpc) is 2.33. The Labute approximate surface area is 114 Å². The molecule has 1 heterocycles. The van der Waals surface area contributed by atoms with Gasteiger partial charge in [0.25, 0.3) is 5.91 Å². The minimum absolute atomic E-state index is 0.202. The maximum atomic E-state index is 11.7. The van der Waals surface area contributed by atoms with Crippen molar-refractivity contribution in [3.63, 3.8) is 0 Å². The third-order valence-electron chi connectivity index (χ3n) is 2.49. The molecule has 1 atom stereocenters. The molecule has 0 saturated heterocycles. The molecule has 0 bridgehead atoms. The van der Waals surface area contributed by atoms with E-state index in [1.165, 1.54) is 6.20 Å². The predicted molar refractivity (Wildman–Crippen MR) is 70.3 cm³/mol. The van der Waals surface area contributed by atoms with E-state index in [0.29, 0.717) is 24.9 Å².